The Bertz CT molecular complexity index is 690. The van der Waals surface area contributed by atoms with Crippen LogP contribution in [0.1, 0.15) is 23.8 Å². The van der Waals surface area contributed by atoms with Crippen LogP contribution in [0, 0.1) is 0 Å². The van der Waals surface area contributed by atoms with Gasteiger partial charge in [0, 0.05) is 11.4 Å². The van der Waals surface area contributed by atoms with E-state index < -0.39 is 0 Å². The zero-order valence-corrected chi connectivity index (χ0v) is 12.0. The summed E-state index contributed by atoms with van der Waals surface area (Å²) >= 11 is 3.53. The first-order chi connectivity index (χ1) is 9.43. The van der Waals surface area contributed by atoms with Gasteiger partial charge in [0.15, 0.2) is 0 Å². The summed E-state index contributed by atoms with van der Waals surface area (Å²) in [6.45, 7) is 1.09. The monoisotopic (exact) mass is 287 g/mol. The minimum absolute atomic E-state index is 0.484. The minimum Gasteiger partial charge on any atom is -0.348 e. The highest BCUT2D eigenvalue weighted by atomic mass is 32.1. The third-order valence-corrected chi connectivity index (χ3v) is 5.43. The number of nitrogens with zero attached hydrogens (tertiary/aromatic N) is 3. The van der Waals surface area contributed by atoms with Crippen LogP contribution in [0.2, 0.25) is 0 Å². The summed E-state index contributed by atoms with van der Waals surface area (Å²) in [7, 11) is 0. The molecule has 3 nitrogen and oxygen atoms in total. The smallest absolute Gasteiger partial charge is 0.141 e. The average Bonchev–Trinajstić information content (AvgIpc) is 3.18. The number of rotatable bonds is 2. The molecule has 19 heavy (non-hydrogen) atoms. The second-order valence-corrected chi connectivity index (χ2v) is 6.58. The Labute approximate surface area is 119 Å². The second-order valence-electron chi connectivity index (χ2n) is 4.70. The van der Waals surface area contributed by atoms with Crippen LogP contribution < -0.4 is 4.90 Å². The summed E-state index contributed by atoms with van der Waals surface area (Å²) in [5.74, 6) is 1.10. The molecule has 0 radical (unpaired) electrons. The Morgan fingerprint density at radius 1 is 1.16 bits per heavy atom. The topological polar surface area (TPSA) is 29.0 Å². The van der Waals surface area contributed by atoms with Crippen LogP contribution in [-0.2, 0) is 0 Å². The summed E-state index contributed by atoms with van der Waals surface area (Å²) in [6.07, 6.45) is 4.15. The molecule has 0 aromatic carbocycles. The van der Waals surface area contributed by atoms with E-state index in [-0.39, 0.29) is 0 Å². The van der Waals surface area contributed by atoms with Gasteiger partial charge in [0.25, 0.3) is 0 Å². The molecule has 0 aliphatic carbocycles. The Balaban J connectivity index is 1.81. The van der Waals surface area contributed by atoms with E-state index in [1.165, 1.54) is 23.1 Å². The van der Waals surface area contributed by atoms with Gasteiger partial charge in [-0.25, -0.2) is 9.97 Å². The van der Waals surface area contributed by atoms with E-state index in [9.17, 15) is 0 Å². The van der Waals surface area contributed by atoms with Crippen molar-refractivity contribution in [2.75, 3.05) is 11.4 Å². The van der Waals surface area contributed by atoms with Crippen molar-refractivity contribution in [3.8, 4) is 0 Å². The van der Waals surface area contributed by atoms with E-state index in [1.54, 1.807) is 17.7 Å². The van der Waals surface area contributed by atoms with E-state index in [1.807, 2.05) is 11.3 Å². The highest BCUT2D eigenvalue weighted by molar-refractivity contribution is 7.16. The first-order valence-corrected chi connectivity index (χ1v) is 8.17. The van der Waals surface area contributed by atoms with Crippen molar-refractivity contribution >= 4 is 38.7 Å². The van der Waals surface area contributed by atoms with Crippen molar-refractivity contribution in [2.45, 2.75) is 18.9 Å². The van der Waals surface area contributed by atoms with Gasteiger partial charge in [-0.05, 0) is 35.7 Å². The third kappa shape index (κ3) is 1.84. The van der Waals surface area contributed by atoms with Gasteiger partial charge < -0.3 is 4.90 Å². The van der Waals surface area contributed by atoms with Crippen molar-refractivity contribution in [2.24, 2.45) is 0 Å². The Kier molecular flexibility index (Phi) is 2.74. The fourth-order valence-corrected chi connectivity index (χ4v) is 4.40. The predicted molar refractivity (Wildman–Crippen MR) is 81.1 cm³/mol. The molecule has 1 unspecified atom stereocenters. The number of fused-ring (bicyclic) bond motifs is 1. The average molecular weight is 287 g/mol. The molecule has 0 saturated carbocycles. The third-order valence-electron chi connectivity index (χ3n) is 3.64. The maximum absolute atomic E-state index is 4.55. The number of hydrogen-bond acceptors (Lipinski definition) is 5. The molecule has 4 heterocycles. The molecular weight excluding hydrogens is 274 g/mol. The largest absolute Gasteiger partial charge is 0.348 e. The molecule has 96 valence electrons. The van der Waals surface area contributed by atoms with Gasteiger partial charge in [0.1, 0.15) is 17.0 Å². The molecule has 3 aromatic rings. The van der Waals surface area contributed by atoms with Crippen LogP contribution in [0.4, 0.5) is 5.82 Å². The van der Waals surface area contributed by atoms with E-state index in [2.05, 4.69) is 43.8 Å². The lowest BCUT2D eigenvalue weighted by Crippen LogP contribution is -2.23. The SMILES string of the molecule is c1csc(C2CCCN2c2ncnc3sccc23)c1. The molecule has 1 fully saturated rings. The van der Waals surface area contributed by atoms with Crippen molar-refractivity contribution in [3.05, 3.63) is 40.2 Å². The molecule has 5 heteroatoms. The van der Waals surface area contributed by atoms with Crippen LogP contribution in [0.3, 0.4) is 0 Å². The molecule has 0 spiro atoms. The highest BCUT2D eigenvalue weighted by Gasteiger charge is 2.29. The van der Waals surface area contributed by atoms with Crippen LogP contribution in [-0.4, -0.2) is 16.5 Å². The summed E-state index contributed by atoms with van der Waals surface area (Å²) in [4.78, 5) is 13.9. The van der Waals surface area contributed by atoms with E-state index >= 15 is 0 Å². The minimum atomic E-state index is 0.484. The highest BCUT2D eigenvalue weighted by Crippen LogP contribution is 2.39. The lowest BCUT2D eigenvalue weighted by atomic mass is 10.2. The van der Waals surface area contributed by atoms with Crippen LogP contribution in [0.15, 0.2) is 35.3 Å². The fourth-order valence-electron chi connectivity index (χ4n) is 2.80. The van der Waals surface area contributed by atoms with Gasteiger partial charge in [-0.1, -0.05) is 6.07 Å². The zero-order valence-electron chi connectivity index (χ0n) is 10.3. The molecule has 1 aliphatic rings. The molecule has 0 N–H and O–H groups in total. The van der Waals surface area contributed by atoms with Gasteiger partial charge in [-0.2, -0.15) is 0 Å². The molecule has 1 saturated heterocycles. The van der Waals surface area contributed by atoms with Crippen LogP contribution in [0.25, 0.3) is 10.2 Å². The summed E-state index contributed by atoms with van der Waals surface area (Å²) in [5.41, 5.74) is 0. The normalized spacial score (nSPS) is 19.4. The van der Waals surface area contributed by atoms with E-state index in [0.29, 0.717) is 6.04 Å². The maximum Gasteiger partial charge on any atom is 0.141 e. The van der Waals surface area contributed by atoms with Gasteiger partial charge in [-0.3, -0.25) is 0 Å². The molecule has 1 aliphatic heterocycles. The first-order valence-electron chi connectivity index (χ1n) is 6.42. The Morgan fingerprint density at radius 3 is 3.05 bits per heavy atom. The number of thiophene rings is 2. The van der Waals surface area contributed by atoms with Crippen LogP contribution >= 0.6 is 22.7 Å². The van der Waals surface area contributed by atoms with Crippen molar-refractivity contribution in [1.82, 2.24) is 9.97 Å². The molecule has 0 amide bonds. The summed E-state index contributed by atoms with van der Waals surface area (Å²) in [5, 5.41) is 5.45. The van der Waals surface area contributed by atoms with Gasteiger partial charge in [0.2, 0.25) is 0 Å². The first kappa shape index (κ1) is 11.4. The standard InChI is InChI=1S/C14H13N3S2/c1-3-11(12-4-2-7-18-12)17(6-1)13-10-5-8-19-14(10)16-9-15-13/h2,4-5,7-9,11H,1,3,6H2. The van der Waals surface area contributed by atoms with Crippen molar-refractivity contribution in [1.29, 1.82) is 0 Å². The van der Waals surface area contributed by atoms with Crippen molar-refractivity contribution < 1.29 is 0 Å². The summed E-state index contributed by atoms with van der Waals surface area (Å²) in [6, 6.07) is 6.99. The number of hydrogen-bond donors (Lipinski definition) is 0. The molecule has 1 atom stereocenters. The Morgan fingerprint density at radius 2 is 2.16 bits per heavy atom. The summed E-state index contributed by atoms with van der Waals surface area (Å²) < 4.78 is 0. The molecule has 0 bridgehead atoms. The predicted octanol–water partition coefficient (Wildman–Crippen LogP) is 4.09. The fraction of sp³-hybridized carbons (Fsp3) is 0.286. The number of aromatic nitrogens is 2. The molecule has 3 aromatic heterocycles. The Hall–Kier alpha value is -1.46. The quantitative estimate of drug-likeness (QED) is 0.710. The maximum atomic E-state index is 4.55. The number of anilines is 1. The van der Waals surface area contributed by atoms with Gasteiger partial charge in [-0.15, -0.1) is 22.7 Å². The van der Waals surface area contributed by atoms with Gasteiger partial charge >= 0.3 is 0 Å². The molecule has 4 rings (SSSR count). The van der Waals surface area contributed by atoms with Gasteiger partial charge in [0.05, 0.1) is 11.4 Å². The van der Waals surface area contributed by atoms with E-state index in [0.717, 1.165) is 17.2 Å². The van der Waals surface area contributed by atoms with Crippen LogP contribution in [0.5, 0.6) is 0 Å². The van der Waals surface area contributed by atoms with E-state index in [4.69, 9.17) is 0 Å². The van der Waals surface area contributed by atoms with Crippen molar-refractivity contribution in [3.63, 3.8) is 0 Å². The zero-order chi connectivity index (χ0) is 12.7. The second kappa shape index (κ2) is 4.58. The molecular formula is C14H13N3S2. The lowest BCUT2D eigenvalue weighted by molar-refractivity contribution is 0.727. The lowest BCUT2D eigenvalue weighted by Gasteiger charge is -2.25.